The highest BCUT2D eigenvalue weighted by Crippen LogP contribution is 2.51. The van der Waals surface area contributed by atoms with E-state index in [4.69, 9.17) is 10.5 Å². The van der Waals surface area contributed by atoms with Gasteiger partial charge in [-0.3, -0.25) is 4.79 Å². The van der Waals surface area contributed by atoms with E-state index in [2.05, 4.69) is 9.80 Å². The third-order valence-corrected chi connectivity index (χ3v) is 7.91. The average molecular weight is 407 g/mol. The number of likely N-dealkylation sites (tertiary alicyclic amines) is 3. The molecule has 0 radical (unpaired) electrons. The monoisotopic (exact) mass is 406 g/mol. The Balaban J connectivity index is 1.23. The zero-order valence-electron chi connectivity index (χ0n) is 18.1. The first-order valence-electron chi connectivity index (χ1n) is 11.6. The van der Waals surface area contributed by atoms with E-state index in [1.54, 1.807) is 6.92 Å². The van der Waals surface area contributed by atoms with Crippen LogP contribution < -0.4 is 5.73 Å². The Bertz CT molecular complexity index is 611. The van der Waals surface area contributed by atoms with Crippen LogP contribution in [0.4, 0.5) is 4.79 Å². The predicted octanol–water partition coefficient (Wildman–Crippen LogP) is 2.05. The van der Waals surface area contributed by atoms with Gasteiger partial charge in [0.25, 0.3) is 0 Å². The van der Waals surface area contributed by atoms with E-state index >= 15 is 0 Å². The van der Waals surface area contributed by atoms with Crippen molar-refractivity contribution in [3.8, 4) is 0 Å². The minimum atomic E-state index is -0.387. The normalized spacial score (nSPS) is 34.4. The number of hydrogen-bond acceptors (Lipinski definition) is 5. The highest BCUT2D eigenvalue weighted by atomic mass is 16.6. The molecular weight excluding hydrogens is 368 g/mol. The summed E-state index contributed by atoms with van der Waals surface area (Å²) in [4.78, 5) is 31.1. The van der Waals surface area contributed by atoms with Crippen LogP contribution in [0.2, 0.25) is 0 Å². The van der Waals surface area contributed by atoms with E-state index in [1.165, 1.54) is 25.7 Å². The van der Waals surface area contributed by atoms with Crippen LogP contribution in [0.1, 0.15) is 58.8 Å². The van der Waals surface area contributed by atoms with Gasteiger partial charge in [0.05, 0.1) is 12.6 Å². The molecule has 4 rings (SSSR count). The van der Waals surface area contributed by atoms with Crippen molar-refractivity contribution >= 4 is 12.0 Å². The number of nitrogens with two attached hydrogens (primary N) is 1. The van der Waals surface area contributed by atoms with Gasteiger partial charge in [-0.15, -0.1) is 0 Å². The quantitative estimate of drug-likeness (QED) is 0.773. The van der Waals surface area contributed by atoms with E-state index in [-0.39, 0.29) is 18.0 Å². The Hall–Kier alpha value is -1.34. The zero-order chi connectivity index (χ0) is 20.6. The SMILES string of the molecule is CCOC(=O)N1CCC2(CC(N3CCC([C@@H]4CCCN4C(=O)[C@H](C)N)CC3)C2)C1. The van der Waals surface area contributed by atoms with Crippen LogP contribution in [-0.2, 0) is 9.53 Å². The van der Waals surface area contributed by atoms with Crippen molar-refractivity contribution in [2.45, 2.75) is 76.9 Å². The average Bonchev–Trinajstić information content (AvgIpc) is 3.34. The van der Waals surface area contributed by atoms with Gasteiger partial charge in [-0.1, -0.05) is 0 Å². The van der Waals surface area contributed by atoms with Crippen molar-refractivity contribution in [2.75, 3.05) is 39.3 Å². The number of carbonyl (C=O) groups excluding carboxylic acids is 2. The van der Waals surface area contributed by atoms with Crippen LogP contribution in [-0.4, -0.2) is 84.2 Å². The molecule has 2 atom stereocenters. The maximum absolute atomic E-state index is 12.4. The third-order valence-electron chi connectivity index (χ3n) is 7.91. The summed E-state index contributed by atoms with van der Waals surface area (Å²) in [6.45, 7) is 9.01. The van der Waals surface area contributed by atoms with E-state index in [0.717, 1.165) is 52.0 Å². The lowest BCUT2D eigenvalue weighted by Gasteiger charge is -2.52. The number of piperidine rings is 1. The maximum atomic E-state index is 12.4. The first-order chi connectivity index (χ1) is 13.9. The first kappa shape index (κ1) is 20.9. The minimum Gasteiger partial charge on any atom is -0.450 e. The standard InChI is InChI=1S/C22H38N4O3/c1-3-29-21(28)25-12-8-22(15-25)13-18(14-22)24-10-6-17(7-11-24)19-5-4-9-26(19)20(27)16(2)23/h16-19H,3-15,23H2,1-2H3/t16-,18?,19-,22?/m0/s1. The number of rotatable bonds is 4. The van der Waals surface area contributed by atoms with Crippen molar-refractivity contribution in [3.05, 3.63) is 0 Å². The summed E-state index contributed by atoms with van der Waals surface area (Å²) in [6.07, 6.45) is 8.03. The summed E-state index contributed by atoms with van der Waals surface area (Å²) in [5.41, 5.74) is 6.20. The van der Waals surface area contributed by atoms with Gasteiger partial charge in [0.2, 0.25) is 5.91 Å². The van der Waals surface area contributed by atoms with Gasteiger partial charge in [-0.25, -0.2) is 4.79 Å². The highest BCUT2D eigenvalue weighted by Gasteiger charge is 2.51. The maximum Gasteiger partial charge on any atom is 0.409 e. The van der Waals surface area contributed by atoms with Crippen LogP contribution in [0.3, 0.4) is 0 Å². The molecule has 2 N–H and O–H groups in total. The molecule has 0 bridgehead atoms. The van der Waals surface area contributed by atoms with E-state index in [0.29, 0.717) is 30.0 Å². The number of hydrogen-bond donors (Lipinski definition) is 1. The molecule has 7 nitrogen and oxygen atoms in total. The molecule has 3 saturated heterocycles. The molecule has 0 aromatic rings. The van der Waals surface area contributed by atoms with Gasteiger partial charge in [0.15, 0.2) is 0 Å². The molecule has 29 heavy (non-hydrogen) atoms. The molecule has 4 aliphatic rings. The van der Waals surface area contributed by atoms with Crippen molar-refractivity contribution < 1.29 is 14.3 Å². The molecule has 2 amide bonds. The molecule has 1 spiro atoms. The van der Waals surface area contributed by atoms with Crippen molar-refractivity contribution in [1.82, 2.24) is 14.7 Å². The summed E-state index contributed by atoms with van der Waals surface area (Å²) in [5, 5.41) is 0. The smallest absolute Gasteiger partial charge is 0.409 e. The molecule has 0 unspecified atom stereocenters. The Kier molecular flexibility index (Phi) is 6.07. The molecule has 1 saturated carbocycles. The largest absolute Gasteiger partial charge is 0.450 e. The second kappa shape index (κ2) is 8.42. The van der Waals surface area contributed by atoms with Gasteiger partial charge in [-0.05, 0) is 83.2 Å². The van der Waals surface area contributed by atoms with Crippen LogP contribution in [0, 0.1) is 11.3 Å². The molecule has 4 fully saturated rings. The van der Waals surface area contributed by atoms with Crippen LogP contribution in [0.25, 0.3) is 0 Å². The summed E-state index contributed by atoms with van der Waals surface area (Å²) < 4.78 is 5.17. The Morgan fingerprint density at radius 1 is 1.14 bits per heavy atom. The molecule has 0 aromatic heterocycles. The van der Waals surface area contributed by atoms with Crippen molar-refractivity contribution in [1.29, 1.82) is 0 Å². The fourth-order valence-electron chi connectivity index (χ4n) is 6.32. The van der Waals surface area contributed by atoms with Gasteiger partial charge in [-0.2, -0.15) is 0 Å². The lowest BCUT2D eigenvalue weighted by Crippen LogP contribution is -2.55. The van der Waals surface area contributed by atoms with Crippen LogP contribution in [0.15, 0.2) is 0 Å². The lowest BCUT2D eigenvalue weighted by atomic mass is 9.64. The van der Waals surface area contributed by atoms with Gasteiger partial charge < -0.3 is 25.2 Å². The molecule has 164 valence electrons. The van der Waals surface area contributed by atoms with E-state index in [9.17, 15) is 9.59 Å². The van der Waals surface area contributed by atoms with Crippen molar-refractivity contribution in [3.63, 3.8) is 0 Å². The highest BCUT2D eigenvalue weighted by molar-refractivity contribution is 5.81. The predicted molar refractivity (Wildman–Crippen MR) is 111 cm³/mol. The van der Waals surface area contributed by atoms with Crippen molar-refractivity contribution in [2.24, 2.45) is 17.1 Å². The Labute approximate surface area is 174 Å². The molecule has 3 heterocycles. The Morgan fingerprint density at radius 3 is 2.52 bits per heavy atom. The fraction of sp³-hybridized carbons (Fsp3) is 0.909. The molecular formula is C22H38N4O3. The number of nitrogens with zero attached hydrogens (tertiary/aromatic N) is 3. The lowest BCUT2D eigenvalue weighted by molar-refractivity contribution is -0.134. The Morgan fingerprint density at radius 2 is 1.86 bits per heavy atom. The fourth-order valence-corrected chi connectivity index (χ4v) is 6.32. The minimum absolute atomic E-state index is 0.128. The van der Waals surface area contributed by atoms with E-state index < -0.39 is 0 Å². The van der Waals surface area contributed by atoms with E-state index in [1.807, 2.05) is 11.8 Å². The second-order valence-electron chi connectivity index (χ2n) is 9.84. The molecule has 3 aliphatic heterocycles. The number of carbonyl (C=O) groups is 2. The summed E-state index contributed by atoms with van der Waals surface area (Å²) >= 11 is 0. The molecule has 0 aromatic carbocycles. The van der Waals surface area contributed by atoms with Gasteiger partial charge in [0.1, 0.15) is 0 Å². The topological polar surface area (TPSA) is 79.1 Å². The first-order valence-corrected chi connectivity index (χ1v) is 11.6. The van der Waals surface area contributed by atoms with Crippen LogP contribution in [0.5, 0.6) is 0 Å². The summed E-state index contributed by atoms with van der Waals surface area (Å²) in [5.74, 6) is 0.750. The van der Waals surface area contributed by atoms with Gasteiger partial charge in [0, 0.05) is 31.7 Å². The zero-order valence-corrected chi connectivity index (χ0v) is 18.1. The molecule has 1 aliphatic carbocycles. The number of amides is 2. The van der Waals surface area contributed by atoms with Gasteiger partial charge >= 0.3 is 6.09 Å². The third kappa shape index (κ3) is 4.13. The second-order valence-corrected chi connectivity index (χ2v) is 9.84. The van der Waals surface area contributed by atoms with Crippen LogP contribution >= 0.6 is 0 Å². The molecule has 7 heteroatoms. The summed E-state index contributed by atoms with van der Waals surface area (Å²) in [6, 6.07) is 0.683. The number of ether oxygens (including phenoxy) is 1. The summed E-state index contributed by atoms with van der Waals surface area (Å²) in [7, 11) is 0.